The summed E-state index contributed by atoms with van der Waals surface area (Å²) in [7, 11) is 1.48. The second-order valence-corrected chi connectivity index (χ2v) is 6.45. The maximum atomic E-state index is 12.6. The van der Waals surface area contributed by atoms with E-state index in [1.54, 1.807) is 61.5 Å². The Morgan fingerprint density at radius 2 is 1.69 bits per heavy atom. The van der Waals surface area contributed by atoms with E-state index in [0.29, 0.717) is 23.7 Å². The molecule has 8 heteroatoms. The van der Waals surface area contributed by atoms with E-state index in [4.69, 9.17) is 14.2 Å². The van der Waals surface area contributed by atoms with Crippen LogP contribution in [0.1, 0.15) is 33.2 Å². The minimum atomic E-state index is -0.584. The molecule has 0 aliphatic carbocycles. The number of nitrogens with zero attached hydrogens (tertiary/aromatic N) is 1. The first-order valence-corrected chi connectivity index (χ1v) is 9.77. The molecule has 0 aromatic heterocycles. The number of amides is 1. The lowest BCUT2D eigenvalue weighted by molar-refractivity contribution is 0.0724. The van der Waals surface area contributed by atoms with Crippen molar-refractivity contribution in [2.45, 2.75) is 6.92 Å². The Labute approximate surface area is 185 Å². The van der Waals surface area contributed by atoms with E-state index < -0.39 is 11.9 Å². The van der Waals surface area contributed by atoms with Gasteiger partial charge in [0, 0.05) is 0 Å². The van der Waals surface area contributed by atoms with E-state index in [-0.39, 0.29) is 22.6 Å². The number of rotatable bonds is 8. The number of aromatic hydroxyl groups is 1. The molecule has 0 saturated carbocycles. The Kier molecular flexibility index (Phi) is 7.42. The van der Waals surface area contributed by atoms with E-state index in [1.165, 1.54) is 25.5 Å². The lowest BCUT2D eigenvalue weighted by Crippen LogP contribution is -2.17. The van der Waals surface area contributed by atoms with Gasteiger partial charge in [-0.15, -0.1) is 0 Å². The van der Waals surface area contributed by atoms with Gasteiger partial charge in [0.2, 0.25) is 0 Å². The summed E-state index contributed by atoms with van der Waals surface area (Å²) in [5.41, 5.74) is 3.35. The number of nitrogens with one attached hydrogen (secondary N) is 1. The van der Waals surface area contributed by atoms with Gasteiger partial charge in [-0.3, -0.25) is 4.79 Å². The van der Waals surface area contributed by atoms with E-state index in [0.717, 1.165) is 0 Å². The normalized spacial score (nSPS) is 10.6. The minimum absolute atomic E-state index is 0.109. The van der Waals surface area contributed by atoms with Gasteiger partial charge < -0.3 is 19.3 Å². The van der Waals surface area contributed by atoms with E-state index in [9.17, 15) is 14.7 Å². The summed E-state index contributed by atoms with van der Waals surface area (Å²) in [4.78, 5) is 24.7. The molecule has 0 saturated heterocycles. The summed E-state index contributed by atoms with van der Waals surface area (Å²) in [5.74, 6) is -0.296. The van der Waals surface area contributed by atoms with Crippen LogP contribution in [0.5, 0.6) is 23.0 Å². The molecule has 1 amide bonds. The molecular weight excluding hydrogens is 412 g/mol. The minimum Gasteiger partial charge on any atom is -0.507 e. The van der Waals surface area contributed by atoms with Gasteiger partial charge in [-0.05, 0) is 55.0 Å². The first-order valence-electron chi connectivity index (χ1n) is 9.77. The molecule has 0 atom stereocenters. The maximum Gasteiger partial charge on any atom is 0.347 e. The molecule has 0 aliphatic rings. The molecule has 0 fully saturated rings. The Morgan fingerprint density at radius 1 is 0.969 bits per heavy atom. The van der Waals surface area contributed by atoms with Crippen LogP contribution in [-0.4, -0.2) is 36.9 Å². The zero-order chi connectivity index (χ0) is 22.9. The zero-order valence-corrected chi connectivity index (χ0v) is 17.6. The third-order valence-corrected chi connectivity index (χ3v) is 4.33. The molecule has 164 valence electrons. The number of phenols is 1. The highest BCUT2D eigenvalue weighted by Crippen LogP contribution is 2.30. The Hall–Kier alpha value is -4.33. The fraction of sp³-hybridized carbons (Fsp3) is 0.125. The van der Waals surface area contributed by atoms with Gasteiger partial charge in [0.25, 0.3) is 5.91 Å². The van der Waals surface area contributed by atoms with Crippen molar-refractivity contribution < 1.29 is 28.9 Å². The van der Waals surface area contributed by atoms with E-state index >= 15 is 0 Å². The highest BCUT2D eigenvalue weighted by molar-refractivity contribution is 5.97. The number of carbonyl (C=O) groups excluding carboxylic acids is 2. The van der Waals surface area contributed by atoms with Crippen molar-refractivity contribution in [2.75, 3.05) is 13.7 Å². The Bertz CT molecular complexity index is 1140. The summed E-state index contributed by atoms with van der Waals surface area (Å²) >= 11 is 0. The number of carbonyl (C=O) groups is 2. The molecule has 3 aromatic rings. The number of methoxy groups -OCH3 is 1. The monoisotopic (exact) mass is 434 g/mol. The largest absolute Gasteiger partial charge is 0.507 e. The summed E-state index contributed by atoms with van der Waals surface area (Å²) < 4.78 is 16.3. The van der Waals surface area contributed by atoms with Crippen LogP contribution >= 0.6 is 0 Å². The zero-order valence-electron chi connectivity index (χ0n) is 17.6. The highest BCUT2D eigenvalue weighted by Gasteiger charge is 2.17. The third-order valence-electron chi connectivity index (χ3n) is 4.33. The summed E-state index contributed by atoms with van der Waals surface area (Å²) in [6, 6.07) is 17.8. The van der Waals surface area contributed by atoms with Gasteiger partial charge in [0.1, 0.15) is 17.1 Å². The predicted molar refractivity (Wildman–Crippen MR) is 119 cm³/mol. The first kappa shape index (κ1) is 22.4. The number of hydrazone groups is 1. The lowest BCUT2D eigenvalue weighted by atomic mass is 10.2. The van der Waals surface area contributed by atoms with Crippen LogP contribution in [0.3, 0.4) is 0 Å². The first-order chi connectivity index (χ1) is 15.5. The quantitative estimate of drug-likeness (QED) is 0.242. The average molecular weight is 434 g/mol. The standard InChI is InChI=1S/C24H22N2O6/c1-3-31-22-14-16(15-25-26-23(28)17-8-4-6-10-19(17)27)12-13-21(22)32-24(29)18-9-5-7-11-20(18)30-2/h4-15,27H,3H2,1-2H3,(H,26,28). The van der Waals surface area contributed by atoms with Gasteiger partial charge in [-0.2, -0.15) is 5.10 Å². The Balaban J connectivity index is 1.74. The second-order valence-electron chi connectivity index (χ2n) is 6.45. The van der Waals surface area contributed by atoms with Gasteiger partial charge in [0.15, 0.2) is 11.5 Å². The number of benzene rings is 3. The molecule has 8 nitrogen and oxygen atoms in total. The highest BCUT2D eigenvalue weighted by atomic mass is 16.6. The van der Waals surface area contributed by atoms with Gasteiger partial charge in [-0.1, -0.05) is 24.3 Å². The van der Waals surface area contributed by atoms with Crippen LogP contribution in [0.25, 0.3) is 0 Å². The van der Waals surface area contributed by atoms with Crippen molar-refractivity contribution >= 4 is 18.1 Å². The third kappa shape index (κ3) is 5.42. The number of esters is 1. The number of hydrogen-bond donors (Lipinski definition) is 2. The van der Waals surface area contributed by atoms with Crippen LogP contribution in [0.15, 0.2) is 71.8 Å². The van der Waals surface area contributed by atoms with Crippen LogP contribution in [-0.2, 0) is 0 Å². The number of hydrogen-bond acceptors (Lipinski definition) is 7. The molecule has 3 aromatic carbocycles. The van der Waals surface area contributed by atoms with Crippen molar-refractivity contribution in [1.82, 2.24) is 5.43 Å². The van der Waals surface area contributed by atoms with Gasteiger partial charge in [-0.25, -0.2) is 10.2 Å². The second kappa shape index (κ2) is 10.6. The molecule has 2 N–H and O–H groups in total. The number of ether oxygens (including phenoxy) is 3. The summed E-state index contributed by atoms with van der Waals surface area (Å²) in [6.07, 6.45) is 1.41. The van der Waals surface area contributed by atoms with E-state index in [2.05, 4.69) is 10.5 Å². The van der Waals surface area contributed by atoms with Crippen molar-refractivity contribution in [2.24, 2.45) is 5.10 Å². The number of para-hydroxylation sites is 2. The lowest BCUT2D eigenvalue weighted by Gasteiger charge is -2.12. The molecule has 0 unspecified atom stereocenters. The molecule has 0 radical (unpaired) electrons. The molecule has 0 aliphatic heterocycles. The predicted octanol–water partition coefficient (Wildman–Crippen LogP) is 3.78. The smallest absolute Gasteiger partial charge is 0.347 e. The fourth-order valence-electron chi connectivity index (χ4n) is 2.82. The fourth-order valence-corrected chi connectivity index (χ4v) is 2.82. The average Bonchev–Trinajstić information content (AvgIpc) is 2.81. The summed E-state index contributed by atoms with van der Waals surface area (Å²) in [6.45, 7) is 2.16. The van der Waals surface area contributed by atoms with Crippen LogP contribution < -0.4 is 19.6 Å². The van der Waals surface area contributed by atoms with Crippen LogP contribution in [0, 0.1) is 0 Å². The van der Waals surface area contributed by atoms with Gasteiger partial charge >= 0.3 is 5.97 Å². The van der Waals surface area contributed by atoms with Crippen molar-refractivity contribution in [1.29, 1.82) is 0 Å². The van der Waals surface area contributed by atoms with Crippen LogP contribution in [0.4, 0.5) is 0 Å². The summed E-state index contributed by atoms with van der Waals surface area (Å²) in [5, 5.41) is 13.6. The Morgan fingerprint density at radius 3 is 2.41 bits per heavy atom. The van der Waals surface area contributed by atoms with E-state index in [1.807, 2.05) is 0 Å². The van der Waals surface area contributed by atoms with Crippen molar-refractivity contribution in [3.05, 3.63) is 83.4 Å². The molecule has 0 heterocycles. The molecule has 32 heavy (non-hydrogen) atoms. The molecule has 3 rings (SSSR count). The van der Waals surface area contributed by atoms with Crippen LogP contribution in [0.2, 0.25) is 0 Å². The van der Waals surface area contributed by atoms with Gasteiger partial charge in [0.05, 0.1) is 25.5 Å². The maximum absolute atomic E-state index is 12.6. The molecular formula is C24H22N2O6. The topological polar surface area (TPSA) is 106 Å². The molecule has 0 spiro atoms. The SMILES string of the molecule is CCOc1cc(C=NNC(=O)c2ccccc2O)ccc1OC(=O)c1ccccc1OC. The number of phenolic OH excluding ortho intramolecular Hbond substituents is 1. The molecule has 0 bridgehead atoms. The van der Waals surface area contributed by atoms with Crippen molar-refractivity contribution in [3.63, 3.8) is 0 Å². The van der Waals surface area contributed by atoms with Crippen molar-refractivity contribution in [3.8, 4) is 23.0 Å².